The second kappa shape index (κ2) is 9.77. The van der Waals surface area contributed by atoms with Gasteiger partial charge in [0.1, 0.15) is 5.82 Å². The number of hydrogen-bond donors (Lipinski definition) is 2. The number of amides is 1. The topological polar surface area (TPSA) is 71.3 Å². The summed E-state index contributed by atoms with van der Waals surface area (Å²) < 4.78 is 15.8. The predicted molar refractivity (Wildman–Crippen MR) is 127 cm³/mol. The van der Waals surface area contributed by atoms with Crippen molar-refractivity contribution in [3.63, 3.8) is 0 Å². The summed E-state index contributed by atoms with van der Waals surface area (Å²) >= 11 is 0. The molecule has 32 heavy (non-hydrogen) atoms. The molecule has 2 aromatic carbocycles. The fourth-order valence-electron chi connectivity index (χ4n) is 3.50. The molecule has 0 aliphatic heterocycles. The summed E-state index contributed by atoms with van der Waals surface area (Å²) in [7, 11) is 1.92. The standard InChI is InChI=1S/C25H30FN5O/c1-15-8-7-9-23(17(15)3)28-25(27-13-12-21-18(4)30-31(6)19(21)5)29-24(32)20-11-10-16(2)22(26)14-20/h7-11,14H,12-13H2,1-6H3,(H2,27,28,29,32). The van der Waals surface area contributed by atoms with Gasteiger partial charge in [0.25, 0.3) is 5.91 Å². The Morgan fingerprint density at radius 3 is 2.50 bits per heavy atom. The normalized spacial score (nSPS) is 11.5. The summed E-state index contributed by atoms with van der Waals surface area (Å²) in [4.78, 5) is 17.4. The van der Waals surface area contributed by atoms with Crippen LogP contribution in [-0.4, -0.2) is 28.2 Å². The van der Waals surface area contributed by atoms with Crippen molar-refractivity contribution < 1.29 is 9.18 Å². The van der Waals surface area contributed by atoms with E-state index in [1.165, 1.54) is 6.07 Å². The lowest BCUT2D eigenvalue weighted by molar-refractivity contribution is 0.0976. The molecule has 1 heterocycles. The Labute approximate surface area is 188 Å². The summed E-state index contributed by atoms with van der Waals surface area (Å²) in [6, 6.07) is 10.3. The Hall–Kier alpha value is -3.48. The van der Waals surface area contributed by atoms with E-state index in [1.54, 1.807) is 19.1 Å². The number of aryl methyl sites for hydroxylation is 4. The first-order chi connectivity index (χ1) is 15.2. The smallest absolute Gasteiger partial charge is 0.258 e. The first kappa shape index (κ1) is 23.2. The first-order valence-electron chi connectivity index (χ1n) is 10.6. The number of aliphatic imine (C=N–C) groups is 1. The highest BCUT2D eigenvalue weighted by atomic mass is 19.1. The van der Waals surface area contributed by atoms with E-state index in [1.807, 2.05) is 57.6 Å². The van der Waals surface area contributed by atoms with E-state index in [0.29, 0.717) is 24.5 Å². The predicted octanol–water partition coefficient (Wildman–Crippen LogP) is 4.54. The van der Waals surface area contributed by atoms with Crippen molar-refractivity contribution in [3.05, 3.63) is 81.4 Å². The number of nitrogens with one attached hydrogen (secondary N) is 2. The van der Waals surface area contributed by atoms with Crippen LogP contribution in [-0.2, 0) is 13.5 Å². The Morgan fingerprint density at radius 1 is 1.09 bits per heavy atom. The number of nitrogens with zero attached hydrogens (tertiary/aromatic N) is 3. The van der Waals surface area contributed by atoms with E-state index in [2.05, 4.69) is 20.7 Å². The van der Waals surface area contributed by atoms with Crippen molar-refractivity contribution in [1.82, 2.24) is 15.1 Å². The lowest BCUT2D eigenvalue weighted by Crippen LogP contribution is -2.36. The minimum absolute atomic E-state index is 0.238. The number of anilines is 1. The molecule has 0 bridgehead atoms. The third kappa shape index (κ3) is 5.22. The maximum atomic E-state index is 14.0. The number of aromatic nitrogens is 2. The van der Waals surface area contributed by atoms with Crippen molar-refractivity contribution in [2.24, 2.45) is 12.0 Å². The van der Waals surface area contributed by atoms with Crippen molar-refractivity contribution >= 4 is 17.6 Å². The van der Waals surface area contributed by atoms with Crippen LogP contribution in [0.1, 0.15) is 44.0 Å². The summed E-state index contributed by atoms with van der Waals surface area (Å²) in [5, 5.41) is 10.5. The molecule has 1 amide bonds. The largest absolute Gasteiger partial charge is 0.326 e. The van der Waals surface area contributed by atoms with Crippen LogP contribution in [0.15, 0.2) is 41.4 Å². The zero-order valence-electron chi connectivity index (χ0n) is 19.5. The molecule has 7 heteroatoms. The van der Waals surface area contributed by atoms with Crippen LogP contribution >= 0.6 is 0 Å². The van der Waals surface area contributed by atoms with Crippen LogP contribution in [0.25, 0.3) is 0 Å². The molecule has 3 aromatic rings. The van der Waals surface area contributed by atoms with Gasteiger partial charge >= 0.3 is 0 Å². The molecule has 0 radical (unpaired) electrons. The SMILES string of the molecule is Cc1ccc(C(=O)NC(=NCCc2c(C)nn(C)c2C)Nc2cccc(C)c2C)cc1F. The van der Waals surface area contributed by atoms with Crippen LogP contribution in [0.5, 0.6) is 0 Å². The number of benzene rings is 2. The van der Waals surface area contributed by atoms with Crippen molar-refractivity contribution in [2.75, 3.05) is 11.9 Å². The van der Waals surface area contributed by atoms with Gasteiger partial charge in [-0.25, -0.2) is 4.39 Å². The third-order valence-corrected chi connectivity index (χ3v) is 5.81. The van der Waals surface area contributed by atoms with E-state index in [9.17, 15) is 9.18 Å². The maximum absolute atomic E-state index is 14.0. The molecular weight excluding hydrogens is 405 g/mol. The van der Waals surface area contributed by atoms with E-state index in [4.69, 9.17) is 0 Å². The summed E-state index contributed by atoms with van der Waals surface area (Å²) in [5.41, 5.74) is 7.00. The average Bonchev–Trinajstić information content (AvgIpc) is 2.99. The van der Waals surface area contributed by atoms with Crippen LogP contribution in [0.4, 0.5) is 10.1 Å². The van der Waals surface area contributed by atoms with Gasteiger partial charge < -0.3 is 5.32 Å². The highest BCUT2D eigenvalue weighted by Gasteiger charge is 2.13. The van der Waals surface area contributed by atoms with Gasteiger partial charge in [-0.2, -0.15) is 5.10 Å². The Balaban J connectivity index is 1.84. The van der Waals surface area contributed by atoms with Crippen molar-refractivity contribution in [2.45, 2.75) is 41.0 Å². The van der Waals surface area contributed by atoms with Crippen LogP contribution in [0.3, 0.4) is 0 Å². The Kier molecular flexibility index (Phi) is 7.08. The quantitative estimate of drug-likeness (QED) is 0.457. The maximum Gasteiger partial charge on any atom is 0.258 e. The molecule has 0 aliphatic rings. The Bertz CT molecular complexity index is 1180. The number of carbonyl (C=O) groups excluding carboxylic acids is 1. The van der Waals surface area contributed by atoms with Gasteiger partial charge in [0.2, 0.25) is 5.96 Å². The van der Waals surface area contributed by atoms with Gasteiger partial charge in [-0.05, 0) is 81.5 Å². The van der Waals surface area contributed by atoms with Gasteiger partial charge in [-0.15, -0.1) is 0 Å². The fourth-order valence-corrected chi connectivity index (χ4v) is 3.50. The molecular formula is C25H30FN5O. The van der Waals surface area contributed by atoms with Crippen LogP contribution in [0.2, 0.25) is 0 Å². The monoisotopic (exact) mass is 435 g/mol. The lowest BCUT2D eigenvalue weighted by Gasteiger charge is -2.15. The van der Waals surface area contributed by atoms with Crippen LogP contribution in [0, 0.1) is 40.4 Å². The molecule has 0 saturated heterocycles. The summed E-state index contributed by atoms with van der Waals surface area (Å²) in [5.74, 6) is -0.515. The summed E-state index contributed by atoms with van der Waals surface area (Å²) in [6.45, 7) is 10.2. The Morgan fingerprint density at radius 2 is 1.84 bits per heavy atom. The van der Waals surface area contributed by atoms with E-state index < -0.39 is 11.7 Å². The molecule has 0 atom stereocenters. The van der Waals surface area contributed by atoms with E-state index in [0.717, 1.165) is 33.8 Å². The number of guanidine groups is 1. The highest BCUT2D eigenvalue weighted by Crippen LogP contribution is 2.18. The molecule has 0 unspecified atom stereocenters. The second-order valence-corrected chi connectivity index (χ2v) is 8.04. The van der Waals surface area contributed by atoms with Gasteiger partial charge in [0, 0.05) is 30.5 Å². The molecule has 0 aliphatic carbocycles. The van der Waals surface area contributed by atoms with Crippen LogP contribution < -0.4 is 10.6 Å². The number of halogens is 1. The lowest BCUT2D eigenvalue weighted by atomic mass is 10.1. The number of rotatable bonds is 5. The molecule has 3 rings (SSSR count). The molecule has 6 nitrogen and oxygen atoms in total. The molecule has 2 N–H and O–H groups in total. The minimum atomic E-state index is -0.422. The zero-order chi connectivity index (χ0) is 23.4. The second-order valence-electron chi connectivity index (χ2n) is 8.04. The van der Waals surface area contributed by atoms with E-state index in [-0.39, 0.29) is 5.56 Å². The molecule has 0 spiro atoms. The first-order valence-corrected chi connectivity index (χ1v) is 10.6. The van der Waals surface area contributed by atoms with Crippen molar-refractivity contribution in [1.29, 1.82) is 0 Å². The molecule has 0 saturated carbocycles. The fraction of sp³-hybridized carbons (Fsp3) is 0.320. The molecule has 168 valence electrons. The number of hydrogen-bond acceptors (Lipinski definition) is 3. The number of carbonyl (C=O) groups is 1. The van der Waals surface area contributed by atoms with Gasteiger partial charge in [0.05, 0.1) is 5.69 Å². The zero-order valence-corrected chi connectivity index (χ0v) is 19.5. The summed E-state index contributed by atoms with van der Waals surface area (Å²) in [6.07, 6.45) is 0.693. The van der Waals surface area contributed by atoms with Crippen molar-refractivity contribution in [3.8, 4) is 0 Å². The molecule has 0 fully saturated rings. The minimum Gasteiger partial charge on any atom is -0.326 e. The molecule has 1 aromatic heterocycles. The third-order valence-electron chi connectivity index (χ3n) is 5.81. The van der Waals surface area contributed by atoms with Gasteiger partial charge in [-0.1, -0.05) is 18.2 Å². The van der Waals surface area contributed by atoms with E-state index >= 15 is 0 Å². The average molecular weight is 436 g/mol. The van der Waals surface area contributed by atoms with Gasteiger partial charge in [0.15, 0.2) is 0 Å². The highest BCUT2D eigenvalue weighted by molar-refractivity contribution is 6.10. The van der Waals surface area contributed by atoms with Gasteiger partial charge in [-0.3, -0.25) is 19.8 Å².